The molecule has 0 saturated carbocycles. The van der Waals surface area contributed by atoms with Crippen LogP contribution in [0.5, 0.6) is 11.5 Å². The van der Waals surface area contributed by atoms with Crippen molar-refractivity contribution in [3.8, 4) is 11.5 Å². The average Bonchev–Trinajstić information content (AvgIpc) is 3.57. The third kappa shape index (κ3) is 30.5. The van der Waals surface area contributed by atoms with Crippen LogP contribution in [-0.2, 0) is 4.74 Å². The second-order valence-electron chi connectivity index (χ2n) is 19.3. The van der Waals surface area contributed by atoms with E-state index in [9.17, 15) is 0 Å². The van der Waals surface area contributed by atoms with Crippen LogP contribution in [0.4, 0.5) is 0 Å². The molecule has 0 saturated heterocycles. The fourth-order valence-electron chi connectivity index (χ4n) is 9.20. The predicted octanol–water partition coefficient (Wildman–Crippen LogP) is 18.3. The van der Waals surface area contributed by atoms with Gasteiger partial charge in [0.05, 0.1) is 0 Å². The summed E-state index contributed by atoms with van der Waals surface area (Å²) in [6.07, 6.45) is 52.9. The van der Waals surface area contributed by atoms with E-state index in [2.05, 4.69) is 61.8 Å². The Morgan fingerprint density at radius 3 is 0.820 bits per heavy atom. The van der Waals surface area contributed by atoms with Crippen molar-refractivity contribution in [1.82, 2.24) is 9.80 Å². The molecule has 61 heavy (non-hydrogen) atoms. The highest BCUT2D eigenvalue weighted by Crippen LogP contribution is 2.34. The summed E-state index contributed by atoms with van der Waals surface area (Å²) >= 11 is 0. The van der Waals surface area contributed by atoms with E-state index in [1.165, 1.54) is 244 Å². The van der Waals surface area contributed by atoms with E-state index in [1.807, 2.05) is 0 Å². The first-order valence-electron chi connectivity index (χ1n) is 27.8. The van der Waals surface area contributed by atoms with Gasteiger partial charge >= 0.3 is 6.10 Å². The maximum Gasteiger partial charge on any atom is 0.448 e. The van der Waals surface area contributed by atoms with Crippen LogP contribution in [0.2, 0.25) is 0 Å². The van der Waals surface area contributed by atoms with Gasteiger partial charge in [0.25, 0.3) is 0 Å². The number of fused-ring (bicyclic) bond motifs is 4. The normalized spacial score (nSPS) is 13.3. The van der Waals surface area contributed by atoms with Crippen molar-refractivity contribution in [2.75, 3.05) is 32.9 Å². The molecule has 2 heterocycles. The molecule has 0 N–H and O–H groups in total. The zero-order valence-electron chi connectivity index (χ0n) is 41.7. The lowest BCUT2D eigenvalue weighted by atomic mass is 10.1. The summed E-state index contributed by atoms with van der Waals surface area (Å²) in [6.45, 7) is 13.8. The molecule has 3 rings (SSSR count). The Kier molecular flexibility index (Phi) is 37.9. The predicted molar refractivity (Wildman–Crippen MR) is 267 cm³/mol. The van der Waals surface area contributed by atoms with Crippen molar-refractivity contribution in [3.05, 3.63) is 24.3 Å². The van der Waals surface area contributed by atoms with Gasteiger partial charge in [-0.25, -0.2) is 4.90 Å². The van der Waals surface area contributed by atoms with Crippen molar-refractivity contribution in [2.24, 2.45) is 0 Å². The number of unbranched alkanes of at least 4 members (excludes halogenated alkanes) is 36. The molecule has 0 aromatic heterocycles. The molecule has 2 bridgehead atoms. The van der Waals surface area contributed by atoms with Crippen LogP contribution in [0.3, 0.4) is 0 Å². The van der Waals surface area contributed by atoms with Crippen molar-refractivity contribution < 1.29 is 14.2 Å². The van der Waals surface area contributed by atoms with Crippen LogP contribution in [-0.4, -0.2) is 48.8 Å². The van der Waals surface area contributed by atoms with E-state index < -0.39 is 6.10 Å². The van der Waals surface area contributed by atoms with E-state index in [4.69, 9.17) is 14.2 Å². The van der Waals surface area contributed by atoms with Gasteiger partial charge < -0.3 is 9.47 Å². The van der Waals surface area contributed by atoms with Gasteiger partial charge in [-0.1, -0.05) is 259 Å². The van der Waals surface area contributed by atoms with Gasteiger partial charge in [-0.15, -0.1) is 0 Å². The molecule has 0 unspecified atom stereocenters. The third-order valence-corrected chi connectivity index (χ3v) is 13.4. The van der Waals surface area contributed by atoms with Crippen LogP contribution in [0.15, 0.2) is 24.3 Å². The lowest BCUT2D eigenvalue weighted by Gasteiger charge is -2.41. The summed E-state index contributed by atoms with van der Waals surface area (Å²) in [6, 6.07) is 8.24. The summed E-state index contributed by atoms with van der Waals surface area (Å²) in [5, 5.41) is 0. The van der Waals surface area contributed by atoms with Crippen molar-refractivity contribution in [3.63, 3.8) is 0 Å². The molecule has 0 radical (unpaired) electrons. The van der Waals surface area contributed by atoms with Crippen molar-refractivity contribution in [1.29, 1.82) is 0 Å². The standard InChI is InChI=1S/C56H106N2O3/c1-5-9-13-17-21-25-29-33-37-41-49-57(50-42-38-34-30-26-22-18-14-10-6-2)53-59-56(60-54-45-46-55(61-56)48-47-54)58(51-43-39-35-31-27-23-19-15-11-7-3)52-44-40-36-32-28-24-20-16-12-8-4/h45-48H,5-44,49-53H2,1-4H3. The molecular formula is C56H106N2O3. The largest absolute Gasteiger partial charge is 0.448 e. The smallest absolute Gasteiger partial charge is 0.417 e. The fourth-order valence-corrected chi connectivity index (χ4v) is 9.20. The molecule has 0 amide bonds. The Morgan fingerprint density at radius 1 is 0.328 bits per heavy atom. The van der Waals surface area contributed by atoms with Crippen LogP contribution >= 0.6 is 0 Å². The SMILES string of the molecule is CCCCCCCCCCCCN(CCCCCCCCCCCC)COC1(N(CCCCCCCCCCCC)CCCCCCCCCCCC)Oc2ccc(cc2)O1. The Morgan fingerprint density at radius 2 is 0.557 bits per heavy atom. The minimum atomic E-state index is -1.23. The first-order valence-corrected chi connectivity index (χ1v) is 27.8. The van der Waals surface area contributed by atoms with E-state index in [1.54, 1.807) is 0 Å². The van der Waals surface area contributed by atoms with Gasteiger partial charge in [0, 0.05) is 26.2 Å². The zero-order valence-corrected chi connectivity index (χ0v) is 41.7. The molecule has 0 atom stereocenters. The van der Waals surface area contributed by atoms with Gasteiger partial charge in [-0.3, -0.25) is 9.64 Å². The second kappa shape index (κ2) is 41.4. The van der Waals surface area contributed by atoms with Crippen LogP contribution in [0, 0.1) is 0 Å². The fraction of sp³-hybridized carbons (Fsp3) is 0.893. The maximum absolute atomic E-state index is 7.11. The molecule has 5 nitrogen and oxygen atoms in total. The lowest BCUT2D eigenvalue weighted by Crippen LogP contribution is -2.60. The third-order valence-electron chi connectivity index (χ3n) is 13.4. The lowest BCUT2D eigenvalue weighted by molar-refractivity contribution is -0.387. The summed E-state index contributed by atoms with van der Waals surface area (Å²) in [7, 11) is 0. The molecule has 2 aliphatic heterocycles. The minimum Gasteiger partial charge on any atom is -0.417 e. The Balaban J connectivity index is 2.05. The van der Waals surface area contributed by atoms with Gasteiger partial charge in [0.2, 0.25) is 0 Å². The van der Waals surface area contributed by atoms with E-state index >= 15 is 0 Å². The highest BCUT2D eigenvalue weighted by molar-refractivity contribution is 5.33. The number of rotatable bonds is 48. The molecule has 0 aliphatic carbocycles. The molecule has 5 heteroatoms. The van der Waals surface area contributed by atoms with Crippen LogP contribution in [0.1, 0.15) is 285 Å². The number of hydrogen-bond donors (Lipinski definition) is 0. The highest BCUT2D eigenvalue weighted by Gasteiger charge is 2.46. The first kappa shape index (κ1) is 55.8. The molecule has 0 spiro atoms. The quantitative estimate of drug-likeness (QED) is 0.0482. The van der Waals surface area contributed by atoms with Gasteiger partial charge in [-0.05, 0) is 49.9 Å². The average molecular weight is 855 g/mol. The van der Waals surface area contributed by atoms with Gasteiger partial charge in [0.15, 0.2) is 0 Å². The zero-order chi connectivity index (χ0) is 43.6. The molecule has 1 aromatic rings. The van der Waals surface area contributed by atoms with Crippen molar-refractivity contribution in [2.45, 2.75) is 291 Å². The minimum absolute atomic E-state index is 0.544. The molecule has 1 aromatic carbocycles. The topological polar surface area (TPSA) is 34.2 Å². The highest BCUT2D eigenvalue weighted by atomic mass is 16.9. The van der Waals surface area contributed by atoms with Crippen LogP contribution < -0.4 is 9.47 Å². The van der Waals surface area contributed by atoms with Gasteiger partial charge in [-0.2, -0.15) is 0 Å². The Labute approximate surface area is 382 Å². The number of ether oxygens (including phenoxy) is 3. The van der Waals surface area contributed by atoms with Crippen LogP contribution in [0.25, 0.3) is 0 Å². The molecule has 2 aliphatic rings. The summed E-state index contributed by atoms with van der Waals surface area (Å²) < 4.78 is 20.9. The summed E-state index contributed by atoms with van der Waals surface area (Å²) in [5.41, 5.74) is 0. The number of nitrogens with zero attached hydrogens (tertiary/aromatic N) is 2. The molecule has 0 fully saturated rings. The Bertz CT molecular complexity index is 960. The maximum atomic E-state index is 7.11. The molecular weight excluding hydrogens is 749 g/mol. The van der Waals surface area contributed by atoms with E-state index in [0.717, 1.165) is 50.5 Å². The number of hydrogen-bond acceptors (Lipinski definition) is 5. The van der Waals surface area contributed by atoms with E-state index in [0.29, 0.717) is 6.73 Å². The van der Waals surface area contributed by atoms with E-state index in [-0.39, 0.29) is 0 Å². The van der Waals surface area contributed by atoms with Gasteiger partial charge in [0.1, 0.15) is 18.2 Å². The summed E-state index contributed by atoms with van der Waals surface area (Å²) in [4.78, 5) is 5.04. The second-order valence-corrected chi connectivity index (χ2v) is 19.3. The monoisotopic (exact) mass is 855 g/mol. The van der Waals surface area contributed by atoms with Crippen molar-refractivity contribution >= 4 is 0 Å². The Hall–Kier alpha value is -1.30. The summed E-state index contributed by atoms with van der Waals surface area (Å²) in [5.74, 6) is 1.68. The first-order chi connectivity index (χ1) is 30.2. The number of benzene rings is 1. The molecule has 358 valence electrons.